The molecule has 0 radical (unpaired) electrons. The van der Waals surface area contributed by atoms with Gasteiger partial charge in [0.2, 0.25) is 0 Å². The Labute approximate surface area is 118 Å². The van der Waals surface area contributed by atoms with Gasteiger partial charge in [0.1, 0.15) is 0 Å². The van der Waals surface area contributed by atoms with E-state index in [0.29, 0.717) is 12.0 Å². The van der Waals surface area contributed by atoms with Crippen LogP contribution in [0.15, 0.2) is 42.0 Å². The monoisotopic (exact) mass is 257 g/mol. The van der Waals surface area contributed by atoms with Crippen molar-refractivity contribution in [3.8, 4) is 0 Å². The highest BCUT2D eigenvalue weighted by atomic mass is 14.9. The molecule has 1 aromatic carbocycles. The lowest BCUT2D eigenvalue weighted by Gasteiger charge is -2.31. The van der Waals surface area contributed by atoms with E-state index in [9.17, 15) is 0 Å². The van der Waals surface area contributed by atoms with E-state index in [0.717, 1.165) is 6.54 Å². The van der Waals surface area contributed by atoms with Crippen LogP contribution in [0.4, 0.5) is 0 Å². The minimum Gasteiger partial charge on any atom is -0.310 e. The number of allylic oxidation sites excluding steroid dienone is 1. The van der Waals surface area contributed by atoms with Crippen LogP contribution in [0, 0.1) is 0 Å². The van der Waals surface area contributed by atoms with E-state index in [2.05, 4.69) is 55.6 Å². The molecule has 2 unspecified atom stereocenters. The third-order valence-corrected chi connectivity index (χ3v) is 4.22. The molecule has 1 aromatic rings. The molecule has 0 amide bonds. The highest BCUT2D eigenvalue weighted by molar-refractivity contribution is 5.27. The number of hydrogen-bond donors (Lipinski definition) is 1. The maximum atomic E-state index is 3.73. The number of hydrogen-bond acceptors (Lipinski definition) is 1. The van der Waals surface area contributed by atoms with Crippen LogP contribution in [-0.4, -0.2) is 12.6 Å². The van der Waals surface area contributed by atoms with Gasteiger partial charge in [0.25, 0.3) is 0 Å². The van der Waals surface area contributed by atoms with Crippen LogP contribution in [-0.2, 0) is 0 Å². The van der Waals surface area contributed by atoms with Crippen molar-refractivity contribution in [2.24, 2.45) is 0 Å². The van der Waals surface area contributed by atoms with Crippen LogP contribution in [0.2, 0.25) is 0 Å². The number of rotatable bonds is 6. The molecule has 1 nitrogen and oxygen atoms in total. The Balaban J connectivity index is 2.22. The predicted octanol–water partition coefficient (Wildman–Crippen LogP) is 4.66. The van der Waals surface area contributed by atoms with Crippen molar-refractivity contribution in [2.45, 2.75) is 57.9 Å². The second kappa shape index (κ2) is 7.49. The number of nitrogens with one attached hydrogen (secondary N) is 1. The van der Waals surface area contributed by atoms with Gasteiger partial charge in [0, 0.05) is 12.0 Å². The van der Waals surface area contributed by atoms with Crippen molar-refractivity contribution in [1.29, 1.82) is 0 Å². The summed E-state index contributed by atoms with van der Waals surface area (Å²) in [4.78, 5) is 0. The Hall–Kier alpha value is -1.08. The Bertz CT molecular complexity index is 393. The second-order valence-corrected chi connectivity index (χ2v) is 5.49. The van der Waals surface area contributed by atoms with Crippen LogP contribution in [0.3, 0.4) is 0 Å². The van der Waals surface area contributed by atoms with E-state index in [-0.39, 0.29) is 0 Å². The molecule has 0 bridgehead atoms. The Morgan fingerprint density at radius 2 is 1.89 bits per heavy atom. The van der Waals surface area contributed by atoms with Crippen molar-refractivity contribution >= 4 is 0 Å². The molecule has 0 spiro atoms. The van der Waals surface area contributed by atoms with E-state index in [4.69, 9.17) is 0 Å². The zero-order valence-corrected chi connectivity index (χ0v) is 12.4. The van der Waals surface area contributed by atoms with Gasteiger partial charge in [-0.15, -0.1) is 0 Å². The van der Waals surface area contributed by atoms with Gasteiger partial charge in [0.05, 0.1) is 0 Å². The van der Waals surface area contributed by atoms with Crippen molar-refractivity contribution in [3.05, 3.63) is 47.5 Å². The van der Waals surface area contributed by atoms with E-state index in [1.807, 2.05) is 0 Å². The summed E-state index contributed by atoms with van der Waals surface area (Å²) in [7, 11) is 0. The van der Waals surface area contributed by atoms with Crippen molar-refractivity contribution in [2.75, 3.05) is 6.54 Å². The standard InChI is InChI=1S/C18H27N/c1-3-17(15-11-7-5-8-12-15)18(19-4-2)16-13-9-6-10-14-16/h5,7-8,11-13,17-19H,3-4,6,9-10,14H2,1-2H3. The highest BCUT2D eigenvalue weighted by Gasteiger charge is 2.24. The highest BCUT2D eigenvalue weighted by Crippen LogP contribution is 2.31. The predicted molar refractivity (Wildman–Crippen MR) is 83.5 cm³/mol. The topological polar surface area (TPSA) is 12.0 Å². The number of likely N-dealkylation sites (N-methyl/N-ethyl adjacent to an activating group) is 1. The molecule has 1 heteroatoms. The molecule has 2 atom stereocenters. The smallest absolute Gasteiger partial charge is 0.0348 e. The second-order valence-electron chi connectivity index (χ2n) is 5.49. The molecule has 1 aliphatic rings. The molecular weight excluding hydrogens is 230 g/mol. The molecule has 0 fully saturated rings. The summed E-state index contributed by atoms with van der Waals surface area (Å²) in [5, 5.41) is 3.73. The zero-order valence-electron chi connectivity index (χ0n) is 12.4. The van der Waals surface area contributed by atoms with Crippen LogP contribution in [0.25, 0.3) is 0 Å². The lowest BCUT2D eigenvalue weighted by Crippen LogP contribution is -2.37. The first kappa shape index (κ1) is 14.3. The SMILES string of the molecule is CCNC(C1=CCCCC1)C(CC)c1ccccc1. The van der Waals surface area contributed by atoms with Gasteiger partial charge in [-0.25, -0.2) is 0 Å². The van der Waals surface area contributed by atoms with Crippen LogP contribution in [0.5, 0.6) is 0 Å². The van der Waals surface area contributed by atoms with Gasteiger partial charge >= 0.3 is 0 Å². The Kier molecular flexibility index (Phi) is 5.65. The van der Waals surface area contributed by atoms with Gasteiger partial charge in [-0.05, 0) is 44.2 Å². The molecule has 2 rings (SSSR count). The van der Waals surface area contributed by atoms with Crippen molar-refractivity contribution in [1.82, 2.24) is 5.32 Å². The summed E-state index contributed by atoms with van der Waals surface area (Å²) in [6.45, 7) is 5.57. The summed E-state index contributed by atoms with van der Waals surface area (Å²) >= 11 is 0. The van der Waals surface area contributed by atoms with E-state index in [1.54, 1.807) is 5.57 Å². The lowest BCUT2D eigenvalue weighted by atomic mass is 9.81. The quantitative estimate of drug-likeness (QED) is 0.731. The van der Waals surface area contributed by atoms with Gasteiger partial charge < -0.3 is 5.32 Å². The van der Waals surface area contributed by atoms with Crippen molar-refractivity contribution < 1.29 is 0 Å². The Morgan fingerprint density at radius 3 is 2.47 bits per heavy atom. The van der Waals surface area contributed by atoms with E-state index >= 15 is 0 Å². The normalized spacial score (nSPS) is 18.7. The van der Waals surface area contributed by atoms with Crippen molar-refractivity contribution in [3.63, 3.8) is 0 Å². The minimum absolute atomic E-state index is 0.526. The van der Waals surface area contributed by atoms with Crippen LogP contribution in [0.1, 0.15) is 57.4 Å². The third kappa shape index (κ3) is 3.70. The minimum atomic E-state index is 0.526. The molecule has 0 aliphatic heterocycles. The fraction of sp³-hybridized carbons (Fsp3) is 0.556. The first-order chi connectivity index (χ1) is 9.36. The van der Waals surface area contributed by atoms with E-state index < -0.39 is 0 Å². The average Bonchev–Trinajstić information content (AvgIpc) is 2.49. The molecule has 1 N–H and O–H groups in total. The summed E-state index contributed by atoms with van der Waals surface area (Å²) in [5.74, 6) is 0.602. The zero-order chi connectivity index (χ0) is 13.5. The fourth-order valence-corrected chi connectivity index (χ4v) is 3.26. The molecular formula is C18H27N. The average molecular weight is 257 g/mol. The molecule has 1 aliphatic carbocycles. The molecule has 0 saturated heterocycles. The number of benzene rings is 1. The van der Waals surface area contributed by atoms with Gasteiger partial charge in [-0.3, -0.25) is 0 Å². The first-order valence-corrected chi connectivity index (χ1v) is 7.84. The maximum absolute atomic E-state index is 3.73. The van der Waals surface area contributed by atoms with Gasteiger partial charge in [-0.1, -0.05) is 55.8 Å². The van der Waals surface area contributed by atoms with E-state index in [1.165, 1.54) is 37.7 Å². The molecule has 19 heavy (non-hydrogen) atoms. The molecule has 0 saturated carbocycles. The van der Waals surface area contributed by atoms with Crippen LogP contribution < -0.4 is 5.32 Å². The van der Waals surface area contributed by atoms with Gasteiger partial charge in [0.15, 0.2) is 0 Å². The lowest BCUT2D eigenvalue weighted by molar-refractivity contribution is 0.456. The molecule has 0 aromatic heterocycles. The molecule has 0 heterocycles. The molecule has 104 valence electrons. The van der Waals surface area contributed by atoms with Crippen LogP contribution >= 0.6 is 0 Å². The summed E-state index contributed by atoms with van der Waals surface area (Å²) in [6, 6.07) is 11.5. The summed E-state index contributed by atoms with van der Waals surface area (Å²) < 4.78 is 0. The first-order valence-electron chi connectivity index (χ1n) is 7.84. The maximum Gasteiger partial charge on any atom is 0.0348 e. The Morgan fingerprint density at radius 1 is 1.11 bits per heavy atom. The van der Waals surface area contributed by atoms with Gasteiger partial charge in [-0.2, -0.15) is 0 Å². The largest absolute Gasteiger partial charge is 0.310 e. The third-order valence-electron chi connectivity index (χ3n) is 4.22. The fourth-order valence-electron chi connectivity index (χ4n) is 3.26. The summed E-state index contributed by atoms with van der Waals surface area (Å²) in [6.07, 6.45) is 8.95. The summed E-state index contributed by atoms with van der Waals surface area (Å²) in [5.41, 5.74) is 3.12.